The van der Waals surface area contributed by atoms with E-state index in [9.17, 15) is 0 Å². The molecule has 0 aromatic heterocycles. The zero-order valence-electron chi connectivity index (χ0n) is 8.07. The van der Waals surface area contributed by atoms with E-state index in [0.29, 0.717) is 5.54 Å². The van der Waals surface area contributed by atoms with Crippen LogP contribution in [0.4, 0.5) is 0 Å². The molecule has 0 aromatic carbocycles. The van der Waals surface area contributed by atoms with E-state index in [0.717, 1.165) is 0 Å². The Morgan fingerprint density at radius 3 is 1.80 bits per heavy atom. The third kappa shape index (κ3) is 2.83. The molecule has 10 heavy (non-hydrogen) atoms. The summed E-state index contributed by atoms with van der Waals surface area (Å²) in [5.41, 5.74) is 0.585. The van der Waals surface area contributed by atoms with E-state index in [1.807, 2.05) is 0 Å². The maximum absolute atomic E-state index is 2.89. The zero-order chi connectivity index (χ0) is 8.20. The second-order valence-electron chi connectivity index (χ2n) is 3.34. The molecule has 0 bridgehead atoms. The highest BCUT2D eigenvalue weighted by atomic mass is 29.2. The Balaban J connectivity index is 3.97. The van der Waals surface area contributed by atoms with Gasteiger partial charge < -0.3 is 4.23 Å². The Kier molecular flexibility index (Phi) is 5.04. The fraction of sp³-hybridized carbons (Fsp3) is 1.00. The largest absolute Gasteiger partial charge is 0.356 e. The Morgan fingerprint density at radius 2 is 1.70 bits per heavy atom. The highest BCUT2D eigenvalue weighted by molar-refractivity contribution is 6.98. The summed E-state index contributed by atoms with van der Waals surface area (Å²) >= 11 is 0. The Hall–Kier alpha value is 0.828. The van der Waals surface area contributed by atoms with Crippen LogP contribution < -0.4 is 0 Å². The average molecular weight is 208 g/mol. The molecule has 0 fully saturated rings. The summed E-state index contributed by atoms with van der Waals surface area (Å²) in [6.07, 6.45) is 1.34. The topological polar surface area (TPSA) is 3.24 Å². The monoisotopic (exact) mass is 207 g/mol. The van der Waals surface area contributed by atoms with E-state index in [1.165, 1.54) is 25.9 Å². The zero-order valence-corrected chi connectivity index (χ0v) is 14.9. The van der Waals surface area contributed by atoms with Gasteiger partial charge >= 0.3 is 0 Å². The molecular formula is C5H21NSi4. The molecule has 0 aliphatic carbocycles. The van der Waals surface area contributed by atoms with Gasteiger partial charge in [-0.1, -0.05) is 6.92 Å². The first kappa shape index (κ1) is 10.8. The number of rotatable bonds is 4. The van der Waals surface area contributed by atoms with Crippen molar-refractivity contribution in [3.8, 4) is 0 Å². The maximum atomic E-state index is 2.89. The van der Waals surface area contributed by atoms with E-state index in [-0.39, 0.29) is 18.4 Å². The summed E-state index contributed by atoms with van der Waals surface area (Å²) in [5.74, 6) is 0. The standard InChI is InChI=1S/C5H21NSi4/c1-4-5(2,3)6(9-7)10-8/h4,9-10H2,1-3,7-8H3. The fourth-order valence-electron chi connectivity index (χ4n) is 1.30. The first-order valence-corrected chi connectivity index (χ1v) is 16.9. The van der Waals surface area contributed by atoms with Crippen molar-refractivity contribution in [3.63, 3.8) is 0 Å². The Bertz CT molecular complexity index is 91.6. The van der Waals surface area contributed by atoms with Crippen LogP contribution in [0.15, 0.2) is 0 Å². The van der Waals surface area contributed by atoms with Crippen LogP contribution in [0, 0.1) is 0 Å². The normalized spacial score (nSPS) is 15.6. The van der Waals surface area contributed by atoms with Crippen LogP contribution in [0.3, 0.4) is 0 Å². The Labute approximate surface area is 75.2 Å². The van der Waals surface area contributed by atoms with Crippen LogP contribution in [0.2, 0.25) is 0 Å². The van der Waals surface area contributed by atoms with Crippen molar-refractivity contribution in [3.05, 3.63) is 0 Å². The van der Waals surface area contributed by atoms with E-state index in [4.69, 9.17) is 0 Å². The van der Waals surface area contributed by atoms with Gasteiger partial charge in [-0.25, -0.2) is 0 Å². The summed E-state index contributed by atoms with van der Waals surface area (Å²) < 4.78 is 2.89. The van der Waals surface area contributed by atoms with Gasteiger partial charge in [0.1, 0.15) is 0 Å². The first-order chi connectivity index (χ1) is 4.58. The second kappa shape index (κ2) is 4.65. The van der Waals surface area contributed by atoms with Gasteiger partial charge in [-0.2, -0.15) is 0 Å². The van der Waals surface area contributed by atoms with Crippen molar-refractivity contribution in [2.45, 2.75) is 32.7 Å². The lowest BCUT2D eigenvalue weighted by atomic mass is 10.0. The molecule has 0 rings (SSSR count). The van der Waals surface area contributed by atoms with Crippen molar-refractivity contribution >= 4 is 37.9 Å². The number of nitrogens with zero attached hydrogens (tertiary/aromatic N) is 1. The van der Waals surface area contributed by atoms with E-state index < -0.39 is 0 Å². The van der Waals surface area contributed by atoms with Crippen molar-refractivity contribution in [2.75, 3.05) is 0 Å². The van der Waals surface area contributed by atoms with Gasteiger partial charge in [0, 0.05) is 25.1 Å². The van der Waals surface area contributed by atoms with Gasteiger partial charge in [-0.15, -0.1) is 0 Å². The van der Waals surface area contributed by atoms with Crippen molar-refractivity contribution in [1.29, 1.82) is 0 Å². The van der Waals surface area contributed by atoms with Gasteiger partial charge in [0.05, 0.1) is 18.4 Å². The molecule has 0 radical (unpaired) electrons. The molecule has 0 saturated carbocycles. The molecule has 0 aliphatic heterocycles. The molecule has 0 N–H and O–H groups in total. The first-order valence-electron chi connectivity index (χ1n) is 4.33. The van der Waals surface area contributed by atoms with Crippen LogP contribution in [-0.2, 0) is 0 Å². The minimum atomic E-state index is 0.281. The lowest BCUT2D eigenvalue weighted by Crippen LogP contribution is -2.48. The van der Waals surface area contributed by atoms with Crippen molar-refractivity contribution in [1.82, 2.24) is 4.23 Å². The fourth-order valence-corrected chi connectivity index (χ4v) is 26.5. The number of hydrogen-bond donors (Lipinski definition) is 0. The van der Waals surface area contributed by atoms with Gasteiger partial charge in [0.2, 0.25) is 0 Å². The van der Waals surface area contributed by atoms with Crippen LogP contribution in [0.25, 0.3) is 0 Å². The number of hydrogen-bond acceptors (Lipinski definition) is 1. The maximum Gasteiger partial charge on any atom is 0.0676 e. The lowest BCUT2D eigenvalue weighted by molar-refractivity contribution is 0.335. The van der Waals surface area contributed by atoms with Crippen molar-refractivity contribution in [2.24, 2.45) is 0 Å². The summed E-state index contributed by atoms with van der Waals surface area (Å²) in [4.78, 5) is 0. The molecule has 0 amide bonds. The molecule has 62 valence electrons. The molecule has 5 heteroatoms. The molecule has 0 atom stereocenters. The summed E-state index contributed by atoms with van der Waals surface area (Å²) in [6.45, 7) is 7.16. The van der Waals surface area contributed by atoms with Gasteiger partial charge in [0.15, 0.2) is 0 Å². The van der Waals surface area contributed by atoms with Crippen LogP contribution in [0.5, 0.6) is 0 Å². The van der Waals surface area contributed by atoms with Crippen LogP contribution >= 0.6 is 0 Å². The van der Waals surface area contributed by atoms with E-state index in [2.05, 4.69) is 25.0 Å². The predicted molar refractivity (Wildman–Crippen MR) is 63.2 cm³/mol. The quantitative estimate of drug-likeness (QED) is 0.451. The van der Waals surface area contributed by atoms with Gasteiger partial charge in [-0.05, 0) is 20.3 Å². The highest BCUT2D eigenvalue weighted by Crippen LogP contribution is 2.14. The molecule has 1 nitrogen and oxygen atoms in total. The van der Waals surface area contributed by atoms with Crippen LogP contribution in [0.1, 0.15) is 27.2 Å². The highest BCUT2D eigenvalue weighted by Gasteiger charge is 2.20. The third-order valence-electron chi connectivity index (χ3n) is 2.48. The van der Waals surface area contributed by atoms with Gasteiger partial charge in [-0.3, -0.25) is 0 Å². The molecule has 0 heterocycles. The minimum absolute atomic E-state index is 0.281. The SMILES string of the molecule is CCC(C)(C)N([SiH2][SiH3])[SiH2][SiH3]. The molecule has 0 unspecified atom stereocenters. The van der Waals surface area contributed by atoms with E-state index in [1.54, 1.807) is 0 Å². The third-order valence-corrected chi connectivity index (χ3v) is 18.4. The Morgan fingerprint density at radius 1 is 1.30 bits per heavy atom. The van der Waals surface area contributed by atoms with E-state index >= 15 is 0 Å². The average Bonchev–Trinajstić information content (AvgIpc) is 1.90. The van der Waals surface area contributed by atoms with Gasteiger partial charge in [0.25, 0.3) is 0 Å². The smallest absolute Gasteiger partial charge is 0.0676 e. The predicted octanol–water partition coefficient (Wildman–Crippen LogP) is -2.79. The van der Waals surface area contributed by atoms with Crippen LogP contribution in [-0.4, -0.2) is 47.7 Å². The molecular weight excluding hydrogens is 186 g/mol. The minimum Gasteiger partial charge on any atom is -0.356 e. The summed E-state index contributed by atoms with van der Waals surface area (Å²) in [6, 6.07) is 0. The molecule has 0 aliphatic rings. The second-order valence-corrected chi connectivity index (χ2v) is 10.8. The van der Waals surface area contributed by atoms with Crippen molar-refractivity contribution < 1.29 is 0 Å². The summed E-state index contributed by atoms with van der Waals surface area (Å²) in [5, 5.41) is 0. The molecule has 0 saturated heterocycles. The lowest BCUT2D eigenvalue weighted by Gasteiger charge is -2.37. The summed E-state index contributed by atoms with van der Waals surface area (Å²) in [7, 11) is 3.54. The molecule has 0 spiro atoms. The molecule has 0 aromatic rings.